The molecule has 0 saturated carbocycles. The molecule has 1 N–H and O–H groups in total. The number of phenolic OH excluding ortho intramolecular Hbond substituents is 1. The van der Waals surface area contributed by atoms with E-state index >= 15 is 0 Å². The van der Waals surface area contributed by atoms with Gasteiger partial charge in [-0.3, -0.25) is 4.79 Å². The number of Topliss-reactive ketones (excluding diaryl/α,β-unsaturated/α-hetero) is 1. The van der Waals surface area contributed by atoms with Gasteiger partial charge in [0.1, 0.15) is 28.9 Å². The summed E-state index contributed by atoms with van der Waals surface area (Å²) < 4.78 is 11.4. The van der Waals surface area contributed by atoms with Crippen molar-refractivity contribution in [3.63, 3.8) is 0 Å². The Labute approximate surface area is 129 Å². The molecule has 114 valence electrons. The van der Waals surface area contributed by atoms with E-state index in [9.17, 15) is 9.90 Å². The molecule has 0 radical (unpaired) electrons. The molecule has 22 heavy (non-hydrogen) atoms. The number of hydrogen-bond donors (Lipinski definition) is 1. The first-order valence-electron chi connectivity index (χ1n) is 7.19. The Bertz CT molecular complexity index is 735. The monoisotopic (exact) mass is 298 g/mol. The third-order valence-corrected chi connectivity index (χ3v) is 4.13. The van der Waals surface area contributed by atoms with Crippen LogP contribution in [0.4, 0.5) is 0 Å². The number of methoxy groups -OCH3 is 1. The van der Waals surface area contributed by atoms with E-state index in [0.717, 1.165) is 5.56 Å². The van der Waals surface area contributed by atoms with Crippen LogP contribution in [0.1, 0.15) is 39.6 Å². The minimum absolute atomic E-state index is 0.0295. The molecule has 1 atom stereocenters. The van der Waals surface area contributed by atoms with Crippen LogP contribution in [0.2, 0.25) is 0 Å². The second-order valence-corrected chi connectivity index (χ2v) is 5.48. The van der Waals surface area contributed by atoms with Crippen LogP contribution in [0, 0.1) is 13.8 Å². The molecule has 0 saturated heterocycles. The van der Waals surface area contributed by atoms with Gasteiger partial charge in [0.15, 0.2) is 5.78 Å². The lowest BCUT2D eigenvalue weighted by atomic mass is 9.91. The van der Waals surface area contributed by atoms with Gasteiger partial charge >= 0.3 is 0 Å². The lowest BCUT2D eigenvalue weighted by Gasteiger charge is -2.29. The number of ketones is 1. The molecular weight excluding hydrogens is 280 g/mol. The summed E-state index contributed by atoms with van der Waals surface area (Å²) in [6.45, 7) is 3.49. The number of carbonyl (C=O) groups excluding carboxylic acids is 1. The summed E-state index contributed by atoms with van der Waals surface area (Å²) in [5.74, 6) is 0.898. The summed E-state index contributed by atoms with van der Waals surface area (Å²) in [6.07, 6.45) is -0.0801. The first-order chi connectivity index (χ1) is 10.5. The molecule has 0 unspecified atom stereocenters. The Morgan fingerprint density at radius 1 is 1.18 bits per heavy atom. The van der Waals surface area contributed by atoms with Crippen LogP contribution in [0.3, 0.4) is 0 Å². The molecule has 4 nitrogen and oxygen atoms in total. The largest absolute Gasteiger partial charge is 0.507 e. The van der Waals surface area contributed by atoms with Crippen LogP contribution in [-0.4, -0.2) is 18.0 Å². The highest BCUT2D eigenvalue weighted by Crippen LogP contribution is 2.47. The number of fused-ring (bicyclic) bond motifs is 1. The predicted octanol–water partition coefficient (Wildman–Crippen LogP) is 3.72. The van der Waals surface area contributed by atoms with Gasteiger partial charge in [-0.2, -0.15) is 0 Å². The molecule has 0 fully saturated rings. The Balaban J connectivity index is 2.14. The molecule has 1 aliphatic heterocycles. The molecular formula is C18H18O4. The van der Waals surface area contributed by atoms with Gasteiger partial charge in [-0.15, -0.1) is 0 Å². The van der Waals surface area contributed by atoms with Crippen molar-refractivity contribution in [2.75, 3.05) is 7.11 Å². The van der Waals surface area contributed by atoms with Crippen LogP contribution in [0.15, 0.2) is 30.3 Å². The van der Waals surface area contributed by atoms with Gasteiger partial charge in [-0.05, 0) is 19.4 Å². The van der Waals surface area contributed by atoms with E-state index < -0.39 is 0 Å². The predicted molar refractivity (Wildman–Crippen MR) is 82.9 cm³/mol. The SMILES string of the molecule is COc1c(C)c(O)c(C)c2c1C(=O)C[C@H](c1ccccc1)O2. The molecule has 0 bridgehead atoms. The molecule has 0 spiro atoms. The first-order valence-corrected chi connectivity index (χ1v) is 7.19. The van der Waals surface area contributed by atoms with Crippen molar-refractivity contribution in [3.8, 4) is 17.2 Å². The van der Waals surface area contributed by atoms with Gasteiger partial charge in [0.25, 0.3) is 0 Å². The average Bonchev–Trinajstić information content (AvgIpc) is 2.54. The zero-order chi connectivity index (χ0) is 15.9. The van der Waals surface area contributed by atoms with Crippen LogP contribution < -0.4 is 9.47 Å². The highest BCUT2D eigenvalue weighted by molar-refractivity contribution is 6.04. The lowest BCUT2D eigenvalue weighted by Crippen LogP contribution is -2.22. The molecule has 2 aromatic rings. The number of carbonyl (C=O) groups is 1. The molecule has 0 aromatic heterocycles. The fourth-order valence-corrected chi connectivity index (χ4v) is 2.94. The average molecular weight is 298 g/mol. The Morgan fingerprint density at radius 2 is 1.86 bits per heavy atom. The lowest BCUT2D eigenvalue weighted by molar-refractivity contribution is 0.0842. The summed E-state index contributed by atoms with van der Waals surface area (Å²) in [4.78, 5) is 12.6. The van der Waals surface area contributed by atoms with E-state index in [1.54, 1.807) is 13.8 Å². The number of ether oxygens (including phenoxy) is 2. The van der Waals surface area contributed by atoms with Crippen LogP contribution in [0.5, 0.6) is 17.2 Å². The third-order valence-electron chi connectivity index (χ3n) is 4.13. The second-order valence-electron chi connectivity index (χ2n) is 5.48. The van der Waals surface area contributed by atoms with E-state index in [-0.39, 0.29) is 24.1 Å². The van der Waals surface area contributed by atoms with Crippen LogP contribution in [-0.2, 0) is 0 Å². The Hall–Kier alpha value is -2.49. The smallest absolute Gasteiger partial charge is 0.174 e. The van der Waals surface area contributed by atoms with Crippen LogP contribution >= 0.6 is 0 Å². The summed E-state index contributed by atoms with van der Waals surface area (Å²) in [6, 6.07) is 9.62. The van der Waals surface area contributed by atoms with Gasteiger partial charge in [0.2, 0.25) is 0 Å². The van der Waals surface area contributed by atoms with E-state index in [2.05, 4.69) is 0 Å². The maximum atomic E-state index is 12.6. The van der Waals surface area contributed by atoms with Crippen molar-refractivity contribution in [2.45, 2.75) is 26.4 Å². The van der Waals surface area contributed by atoms with E-state index in [1.165, 1.54) is 7.11 Å². The number of benzene rings is 2. The van der Waals surface area contributed by atoms with Crippen molar-refractivity contribution in [3.05, 3.63) is 52.6 Å². The zero-order valence-corrected chi connectivity index (χ0v) is 12.8. The second kappa shape index (κ2) is 5.37. The maximum Gasteiger partial charge on any atom is 0.174 e. The summed E-state index contributed by atoms with van der Waals surface area (Å²) in [5, 5.41) is 10.2. The highest BCUT2D eigenvalue weighted by Gasteiger charge is 2.34. The van der Waals surface area contributed by atoms with E-state index in [4.69, 9.17) is 9.47 Å². The Morgan fingerprint density at radius 3 is 2.50 bits per heavy atom. The van der Waals surface area contributed by atoms with Gasteiger partial charge < -0.3 is 14.6 Å². The van der Waals surface area contributed by atoms with Crippen molar-refractivity contribution in [2.24, 2.45) is 0 Å². The standard InChI is InChI=1S/C18H18O4/c1-10-16(20)11(2)18-15(17(10)21-3)13(19)9-14(22-18)12-7-5-4-6-8-12/h4-8,14,20H,9H2,1-3H3/t14-/m1/s1. The fourth-order valence-electron chi connectivity index (χ4n) is 2.94. The number of rotatable bonds is 2. The topological polar surface area (TPSA) is 55.8 Å². The maximum absolute atomic E-state index is 12.6. The van der Waals surface area contributed by atoms with Gasteiger partial charge in [-0.1, -0.05) is 30.3 Å². The normalized spacial score (nSPS) is 16.9. The number of hydrogen-bond acceptors (Lipinski definition) is 4. The fraction of sp³-hybridized carbons (Fsp3) is 0.278. The molecule has 3 rings (SSSR count). The zero-order valence-electron chi connectivity index (χ0n) is 12.8. The van der Waals surface area contributed by atoms with Crippen molar-refractivity contribution < 1.29 is 19.4 Å². The highest BCUT2D eigenvalue weighted by atomic mass is 16.5. The molecule has 0 aliphatic carbocycles. The number of aromatic hydroxyl groups is 1. The first kappa shape index (κ1) is 14.4. The van der Waals surface area contributed by atoms with Gasteiger partial charge in [-0.25, -0.2) is 0 Å². The molecule has 1 heterocycles. The molecule has 1 aliphatic rings. The minimum atomic E-state index is -0.341. The summed E-state index contributed by atoms with van der Waals surface area (Å²) in [7, 11) is 1.49. The molecule has 2 aromatic carbocycles. The molecule has 0 amide bonds. The van der Waals surface area contributed by atoms with Crippen LogP contribution in [0.25, 0.3) is 0 Å². The van der Waals surface area contributed by atoms with Crippen molar-refractivity contribution >= 4 is 5.78 Å². The van der Waals surface area contributed by atoms with Crippen molar-refractivity contribution in [1.82, 2.24) is 0 Å². The van der Waals surface area contributed by atoms with Gasteiger partial charge in [0, 0.05) is 11.1 Å². The van der Waals surface area contributed by atoms with E-state index in [0.29, 0.717) is 28.2 Å². The molecule has 4 heteroatoms. The quantitative estimate of drug-likeness (QED) is 0.918. The Kier molecular flexibility index (Phi) is 3.53. The minimum Gasteiger partial charge on any atom is -0.507 e. The third kappa shape index (κ3) is 2.11. The number of phenols is 1. The summed E-state index contributed by atoms with van der Waals surface area (Å²) >= 11 is 0. The summed E-state index contributed by atoms with van der Waals surface area (Å²) in [5.41, 5.74) is 2.51. The van der Waals surface area contributed by atoms with E-state index in [1.807, 2.05) is 30.3 Å². The van der Waals surface area contributed by atoms with Gasteiger partial charge in [0.05, 0.1) is 13.5 Å². The van der Waals surface area contributed by atoms with Crippen molar-refractivity contribution in [1.29, 1.82) is 0 Å².